The fourth-order valence-corrected chi connectivity index (χ4v) is 0.935. The summed E-state index contributed by atoms with van der Waals surface area (Å²) in [5.74, 6) is 1.18. The lowest BCUT2D eigenvalue weighted by atomic mass is 10.8. The topological polar surface area (TPSA) is 3.24 Å². The molecule has 0 bridgehead atoms. The highest BCUT2D eigenvalue weighted by atomic mass is 32.2. The predicted octanol–water partition coefficient (Wildman–Crippen LogP) is 2.63. The second-order valence-corrected chi connectivity index (χ2v) is 2.82. The van der Waals surface area contributed by atoms with E-state index in [1.54, 1.807) is 0 Å². The van der Waals surface area contributed by atoms with Crippen molar-refractivity contribution in [3.8, 4) is 0 Å². The van der Waals surface area contributed by atoms with Gasteiger partial charge in [0.15, 0.2) is 0 Å². The molecule has 0 amide bonds. The zero-order valence-corrected chi connectivity index (χ0v) is 8.09. The summed E-state index contributed by atoms with van der Waals surface area (Å²) in [7, 11) is 2.11. The van der Waals surface area contributed by atoms with Crippen LogP contribution >= 0.6 is 11.9 Å². The molecule has 0 atom stereocenters. The smallest absolute Gasteiger partial charge is 0.00577 e. The van der Waals surface area contributed by atoms with Crippen LogP contribution in [0.4, 0.5) is 0 Å². The number of hydrogen-bond donors (Lipinski definition) is 0. The molecule has 0 spiro atoms. The minimum absolute atomic E-state index is 1.14. The van der Waals surface area contributed by atoms with E-state index in [0.29, 0.717) is 0 Å². The van der Waals surface area contributed by atoms with E-state index in [4.69, 9.17) is 0 Å². The molecular formula is C7H19NS. The summed E-state index contributed by atoms with van der Waals surface area (Å²) in [5, 5.41) is 0. The molecule has 0 aromatic rings. The highest BCUT2D eigenvalue weighted by Gasteiger charge is 1.87. The quantitative estimate of drug-likeness (QED) is 0.567. The Morgan fingerprint density at radius 2 is 1.67 bits per heavy atom. The maximum atomic E-state index is 2.22. The monoisotopic (exact) mass is 149 g/mol. The van der Waals surface area contributed by atoms with Crippen molar-refractivity contribution in [2.45, 2.75) is 27.7 Å². The van der Waals surface area contributed by atoms with Gasteiger partial charge in [-0.3, -0.25) is 4.31 Å². The fraction of sp³-hybridized carbons (Fsp3) is 1.00. The van der Waals surface area contributed by atoms with Crippen LogP contribution in [0.2, 0.25) is 0 Å². The summed E-state index contributed by atoms with van der Waals surface area (Å²) in [5.41, 5.74) is 0. The van der Waals surface area contributed by atoms with E-state index in [1.165, 1.54) is 5.75 Å². The van der Waals surface area contributed by atoms with Gasteiger partial charge in [-0.15, -0.1) is 0 Å². The third kappa shape index (κ3) is 11.7. The maximum Gasteiger partial charge on any atom is 0.00577 e. The Labute approximate surface area is 64.0 Å². The first-order valence-electron chi connectivity index (χ1n) is 3.65. The molecule has 0 aliphatic heterocycles. The first-order chi connectivity index (χ1) is 4.31. The van der Waals surface area contributed by atoms with Crippen molar-refractivity contribution in [3.63, 3.8) is 0 Å². The van der Waals surface area contributed by atoms with E-state index in [2.05, 4.69) is 25.2 Å². The van der Waals surface area contributed by atoms with Crippen molar-refractivity contribution in [2.24, 2.45) is 0 Å². The lowest BCUT2D eigenvalue weighted by Crippen LogP contribution is -2.06. The van der Waals surface area contributed by atoms with Gasteiger partial charge in [0, 0.05) is 12.3 Å². The van der Waals surface area contributed by atoms with Gasteiger partial charge in [-0.2, -0.15) is 0 Å². The molecule has 0 saturated carbocycles. The van der Waals surface area contributed by atoms with Crippen molar-refractivity contribution in [2.75, 3.05) is 19.3 Å². The van der Waals surface area contributed by atoms with Gasteiger partial charge in [0.2, 0.25) is 0 Å². The summed E-state index contributed by atoms with van der Waals surface area (Å²) in [4.78, 5) is 0. The Morgan fingerprint density at radius 1 is 1.22 bits per heavy atom. The standard InChI is InChI=1S/C5H13NS.C2H6/c1-4-6(3)7-5-2;1-2/h4-5H2,1-3H3;1-2H3. The van der Waals surface area contributed by atoms with Crippen LogP contribution < -0.4 is 0 Å². The molecule has 0 aromatic heterocycles. The summed E-state index contributed by atoms with van der Waals surface area (Å²) < 4.78 is 2.22. The van der Waals surface area contributed by atoms with Crippen LogP contribution in [-0.2, 0) is 0 Å². The third-order valence-corrected chi connectivity index (χ3v) is 1.75. The first-order valence-corrected chi connectivity index (χ1v) is 4.59. The Balaban J connectivity index is 0. The fourth-order valence-electron chi connectivity index (χ4n) is 0.312. The molecule has 0 aliphatic carbocycles. The second-order valence-electron chi connectivity index (χ2n) is 1.36. The van der Waals surface area contributed by atoms with Crippen LogP contribution in [0.1, 0.15) is 27.7 Å². The highest BCUT2D eigenvalue weighted by molar-refractivity contribution is 7.96. The maximum absolute atomic E-state index is 2.22. The van der Waals surface area contributed by atoms with E-state index < -0.39 is 0 Å². The van der Waals surface area contributed by atoms with Gasteiger partial charge in [-0.05, 0) is 7.05 Å². The first kappa shape index (κ1) is 12.0. The van der Waals surface area contributed by atoms with Crippen molar-refractivity contribution in [1.82, 2.24) is 4.31 Å². The zero-order chi connectivity index (χ0) is 7.70. The van der Waals surface area contributed by atoms with Crippen LogP contribution in [-0.4, -0.2) is 23.7 Å². The molecule has 0 aliphatic rings. The molecule has 0 aromatic carbocycles. The van der Waals surface area contributed by atoms with Crippen LogP contribution in [0.5, 0.6) is 0 Å². The van der Waals surface area contributed by atoms with Crippen LogP contribution in [0, 0.1) is 0 Å². The van der Waals surface area contributed by atoms with Gasteiger partial charge in [0.1, 0.15) is 0 Å². The number of nitrogens with zero attached hydrogens (tertiary/aromatic N) is 1. The Kier molecular flexibility index (Phi) is 14.9. The van der Waals surface area contributed by atoms with Crippen molar-refractivity contribution in [1.29, 1.82) is 0 Å². The molecule has 0 radical (unpaired) electrons. The summed E-state index contributed by atoms with van der Waals surface area (Å²) in [6.07, 6.45) is 0. The zero-order valence-electron chi connectivity index (χ0n) is 7.27. The van der Waals surface area contributed by atoms with Crippen molar-refractivity contribution in [3.05, 3.63) is 0 Å². The van der Waals surface area contributed by atoms with Gasteiger partial charge in [-0.25, -0.2) is 0 Å². The molecule has 0 saturated heterocycles. The van der Waals surface area contributed by atoms with Gasteiger partial charge in [0.25, 0.3) is 0 Å². The van der Waals surface area contributed by atoms with E-state index in [9.17, 15) is 0 Å². The minimum atomic E-state index is 1.14. The summed E-state index contributed by atoms with van der Waals surface area (Å²) >= 11 is 1.86. The minimum Gasteiger partial charge on any atom is -0.254 e. The summed E-state index contributed by atoms with van der Waals surface area (Å²) in [6.45, 7) is 9.46. The van der Waals surface area contributed by atoms with Gasteiger partial charge in [0.05, 0.1) is 0 Å². The molecule has 58 valence electrons. The Morgan fingerprint density at radius 3 is 1.78 bits per heavy atom. The largest absolute Gasteiger partial charge is 0.254 e. The van der Waals surface area contributed by atoms with E-state index in [1.807, 2.05) is 25.8 Å². The summed E-state index contributed by atoms with van der Waals surface area (Å²) in [6, 6.07) is 0. The second kappa shape index (κ2) is 11.2. The van der Waals surface area contributed by atoms with Crippen LogP contribution in [0.15, 0.2) is 0 Å². The lowest BCUT2D eigenvalue weighted by molar-refractivity contribution is 0.603. The lowest BCUT2D eigenvalue weighted by Gasteiger charge is -2.08. The molecule has 2 heteroatoms. The normalized spacial score (nSPS) is 8.67. The molecule has 0 unspecified atom stereocenters. The van der Waals surface area contributed by atoms with Crippen LogP contribution in [0.25, 0.3) is 0 Å². The third-order valence-electron chi connectivity index (χ3n) is 0.795. The molecule has 1 nitrogen and oxygen atoms in total. The number of rotatable bonds is 3. The van der Waals surface area contributed by atoms with E-state index >= 15 is 0 Å². The molecular weight excluding hydrogens is 130 g/mol. The van der Waals surface area contributed by atoms with Crippen LogP contribution in [0.3, 0.4) is 0 Å². The SMILES string of the molecule is CC.CCSN(C)CC. The Hall–Kier alpha value is 0.310. The van der Waals surface area contributed by atoms with Crippen molar-refractivity contribution < 1.29 is 0 Å². The molecule has 0 fully saturated rings. The van der Waals surface area contributed by atoms with Gasteiger partial charge < -0.3 is 0 Å². The van der Waals surface area contributed by atoms with E-state index in [0.717, 1.165) is 6.54 Å². The van der Waals surface area contributed by atoms with Gasteiger partial charge >= 0.3 is 0 Å². The molecule has 9 heavy (non-hydrogen) atoms. The predicted molar refractivity (Wildman–Crippen MR) is 47.8 cm³/mol. The molecule has 0 heterocycles. The average molecular weight is 149 g/mol. The average Bonchev–Trinajstić information content (AvgIpc) is 1.93. The molecule has 0 N–H and O–H groups in total. The van der Waals surface area contributed by atoms with Crippen molar-refractivity contribution >= 4 is 11.9 Å². The van der Waals surface area contributed by atoms with Gasteiger partial charge in [-0.1, -0.05) is 39.6 Å². The highest BCUT2D eigenvalue weighted by Crippen LogP contribution is 2.02. The number of hydrogen-bond acceptors (Lipinski definition) is 2. The molecule has 0 rings (SSSR count). The Bertz CT molecular complexity index is 39.9. The van der Waals surface area contributed by atoms with E-state index in [-0.39, 0.29) is 0 Å².